The van der Waals surface area contributed by atoms with Crippen molar-refractivity contribution in [2.45, 2.75) is 18.3 Å². The summed E-state index contributed by atoms with van der Waals surface area (Å²) in [6.45, 7) is 0. The number of carboxylic acids is 1. The van der Waals surface area contributed by atoms with Crippen molar-refractivity contribution in [2.75, 3.05) is 0 Å². The fraction of sp³-hybridized carbons (Fsp3) is 0.211. The molecule has 0 spiro atoms. The summed E-state index contributed by atoms with van der Waals surface area (Å²) in [6, 6.07) is 12.0. The van der Waals surface area contributed by atoms with Gasteiger partial charge in [0.25, 0.3) is 0 Å². The van der Waals surface area contributed by atoms with Crippen molar-refractivity contribution >= 4 is 29.2 Å². The third kappa shape index (κ3) is 2.20. The van der Waals surface area contributed by atoms with Gasteiger partial charge in [0.15, 0.2) is 0 Å². The molecule has 2 nitrogen and oxygen atoms in total. The first-order valence-corrected chi connectivity index (χ1v) is 8.31. The maximum absolute atomic E-state index is 10.9. The summed E-state index contributed by atoms with van der Waals surface area (Å²) < 4.78 is 0. The van der Waals surface area contributed by atoms with Crippen LogP contribution in [0.5, 0.6) is 0 Å². The van der Waals surface area contributed by atoms with Crippen molar-refractivity contribution in [1.29, 1.82) is 0 Å². The smallest absolute Gasteiger partial charge is 0.327 e. The number of hydrogen-bond acceptors (Lipinski definition) is 1. The second-order valence-corrected chi connectivity index (χ2v) is 6.93. The summed E-state index contributed by atoms with van der Waals surface area (Å²) in [7, 11) is 0. The van der Waals surface area contributed by atoms with Crippen molar-refractivity contribution in [1.82, 2.24) is 0 Å². The van der Waals surface area contributed by atoms with E-state index in [1.807, 2.05) is 30.3 Å². The molecule has 0 amide bonds. The van der Waals surface area contributed by atoms with E-state index in [1.165, 1.54) is 17.2 Å². The van der Waals surface area contributed by atoms with Crippen molar-refractivity contribution < 1.29 is 9.90 Å². The van der Waals surface area contributed by atoms with E-state index in [1.54, 1.807) is 0 Å². The van der Waals surface area contributed by atoms with Gasteiger partial charge in [0, 0.05) is 28.0 Å². The monoisotopic (exact) mass is 344 g/mol. The number of carboxylic acid groups (broad SMARTS) is 1. The number of benzene rings is 2. The predicted octanol–water partition coefficient (Wildman–Crippen LogP) is 5.23. The quantitative estimate of drug-likeness (QED) is 0.757. The Hall–Kier alpha value is -1.77. The third-order valence-corrected chi connectivity index (χ3v) is 5.62. The van der Waals surface area contributed by atoms with Crippen LogP contribution in [0.4, 0.5) is 0 Å². The van der Waals surface area contributed by atoms with Crippen molar-refractivity contribution in [3.8, 4) is 0 Å². The number of hydrogen-bond donors (Lipinski definition) is 1. The summed E-state index contributed by atoms with van der Waals surface area (Å²) in [5.74, 6) is -0.536. The molecule has 0 saturated carbocycles. The fourth-order valence-corrected chi connectivity index (χ4v) is 4.82. The highest BCUT2D eigenvalue weighted by Crippen LogP contribution is 2.58. The van der Waals surface area contributed by atoms with Crippen LogP contribution >= 0.6 is 23.2 Å². The molecular formula is C19H14Cl2O2. The summed E-state index contributed by atoms with van der Waals surface area (Å²) in [5, 5.41) is 10.5. The predicted molar refractivity (Wildman–Crippen MR) is 91.5 cm³/mol. The van der Waals surface area contributed by atoms with E-state index in [0.717, 1.165) is 27.6 Å². The highest BCUT2D eigenvalue weighted by molar-refractivity contribution is 6.32. The molecule has 0 heterocycles. The number of carbonyl (C=O) groups is 1. The minimum Gasteiger partial charge on any atom is -0.478 e. The first kappa shape index (κ1) is 14.8. The minimum absolute atomic E-state index is 0.109. The van der Waals surface area contributed by atoms with Gasteiger partial charge in [-0.05, 0) is 46.7 Å². The van der Waals surface area contributed by atoms with Gasteiger partial charge in [-0.25, -0.2) is 4.79 Å². The Morgan fingerprint density at radius 1 is 1.04 bits per heavy atom. The van der Waals surface area contributed by atoms with E-state index < -0.39 is 5.97 Å². The molecule has 1 atom stereocenters. The molecule has 0 saturated heterocycles. The highest BCUT2D eigenvalue weighted by Gasteiger charge is 2.44. The first-order valence-electron chi connectivity index (χ1n) is 7.55. The van der Waals surface area contributed by atoms with Gasteiger partial charge in [-0.15, -0.1) is 0 Å². The Balaban J connectivity index is 1.94. The lowest BCUT2D eigenvalue weighted by Gasteiger charge is -2.45. The number of rotatable bonds is 2. The molecule has 23 heavy (non-hydrogen) atoms. The molecule has 0 radical (unpaired) electrons. The molecule has 2 aromatic carbocycles. The van der Waals surface area contributed by atoms with Gasteiger partial charge < -0.3 is 5.11 Å². The van der Waals surface area contributed by atoms with Crippen molar-refractivity contribution in [2.24, 2.45) is 5.92 Å². The van der Waals surface area contributed by atoms with Crippen LogP contribution in [0.3, 0.4) is 0 Å². The number of fused-ring (bicyclic) bond motifs is 1. The van der Waals surface area contributed by atoms with Crippen LogP contribution in [0.1, 0.15) is 40.5 Å². The lowest BCUT2D eigenvalue weighted by atomic mass is 9.59. The number of halogens is 2. The first-order chi connectivity index (χ1) is 11.1. The van der Waals surface area contributed by atoms with Crippen LogP contribution in [0.15, 0.2) is 48.6 Å². The van der Waals surface area contributed by atoms with E-state index in [-0.39, 0.29) is 17.8 Å². The summed E-state index contributed by atoms with van der Waals surface area (Å²) in [5.41, 5.74) is 4.70. The van der Waals surface area contributed by atoms with E-state index in [9.17, 15) is 4.79 Å². The summed E-state index contributed by atoms with van der Waals surface area (Å²) in [6.07, 6.45) is 3.90. The fourth-order valence-electron chi connectivity index (χ4n) is 4.20. The summed E-state index contributed by atoms with van der Waals surface area (Å²) >= 11 is 13.0. The average molecular weight is 345 g/mol. The highest BCUT2D eigenvalue weighted by atomic mass is 35.5. The number of aliphatic carboxylic acids is 1. The van der Waals surface area contributed by atoms with Gasteiger partial charge in [0.05, 0.1) is 0 Å². The second-order valence-electron chi connectivity index (χ2n) is 6.11. The normalized spacial score (nSPS) is 24.5. The van der Waals surface area contributed by atoms with Crippen molar-refractivity contribution in [3.05, 3.63) is 80.8 Å². The zero-order valence-corrected chi connectivity index (χ0v) is 13.7. The molecule has 0 aromatic heterocycles. The van der Waals surface area contributed by atoms with Gasteiger partial charge >= 0.3 is 5.97 Å². The molecule has 2 bridgehead atoms. The van der Waals surface area contributed by atoms with Crippen LogP contribution in [-0.4, -0.2) is 11.1 Å². The lowest BCUT2D eigenvalue weighted by molar-refractivity contribution is -0.131. The molecule has 3 aliphatic rings. The number of allylic oxidation sites excluding steroid dienone is 1. The molecule has 5 rings (SSSR count). The Bertz CT molecular complexity index is 788. The van der Waals surface area contributed by atoms with E-state index in [4.69, 9.17) is 28.3 Å². The Kier molecular flexibility index (Phi) is 3.47. The van der Waals surface area contributed by atoms with Crippen LogP contribution in [0.2, 0.25) is 10.0 Å². The minimum atomic E-state index is -0.913. The van der Waals surface area contributed by atoms with E-state index in [2.05, 4.69) is 12.1 Å². The summed E-state index contributed by atoms with van der Waals surface area (Å²) in [4.78, 5) is 10.9. The Morgan fingerprint density at radius 3 is 2.13 bits per heavy atom. The molecule has 116 valence electrons. The van der Waals surface area contributed by atoms with Gasteiger partial charge in [0.1, 0.15) is 0 Å². The van der Waals surface area contributed by atoms with Crippen LogP contribution < -0.4 is 0 Å². The second kappa shape index (κ2) is 5.40. The largest absolute Gasteiger partial charge is 0.478 e. The zero-order valence-electron chi connectivity index (χ0n) is 12.2. The molecule has 4 heteroatoms. The van der Waals surface area contributed by atoms with E-state index >= 15 is 0 Å². The van der Waals surface area contributed by atoms with E-state index in [0.29, 0.717) is 0 Å². The lowest BCUT2D eigenvalue weighted by Crippen LogP contribution is -2.31. The zero-order chi connectivity index (χ0) is 16.1. The van der Waals surface area contributed by atoms with Gasteiger partial charge in [0.2, 0.25) is 0 Å². The molecular weight excluding hydrogens is 331 g/mol. The van der Waals surface area contributed by atoms with Crippen LogP contribution in [0.25, 0.3) is 0 Å². The third-order valence-electron chi connectivity index (χ3n) is 4.96. The maximum Gasteiger partial charge on any atom is 0.327 e. The maximum atomic E-state index is 10.9. The molecule has 3 aliphatic carbocycles. The SMILES string of the molecule is O=C(O)C=CC1CC2c3c(Cl)cccc3C1c1cccc(Cl)c12. The average Bonchev–Trinajstić information content (AvgIpc) is 2.53. The topological polar surface area (TPSA) is 37.3 Å². The molecule has 1 unspecified atom stereocenters. The molecule has 1 N–H and O–H groups in total. The van der Waals surface area contributed by atoms with Gasteiger partial charge in [-0.3, -0.25) is 0 Å². The van der Waals surface area contributed by atoms with Gasteiger partial charge in [-0.2, -0.15) is 0 Å². The molecule has 0 aliphatic heterocycles. The Labute approximate surface area is 144 Å². The standard InChI is InChI=1S/C19H14Cl2O2/c20-14-5-1-3-11-17-10(7-8-16(22)23)9-13(18(11)14)19-12(17)4-2-6-15(19)21/h1-8,10,13,17H,9H2,(H,22,23). The molecule has 2 aromatic rings. The molecule has 0 fully saturated rings. The van der Waals surface area contributed by atoms with Crippen LogP contribution in [0, 0.1) is 5.92 Å². The van der Waals surface area contributed by atoms with Crippen LogP contribution in [-0.2, 0) is 4.79 Å². The van der Waals surface area contributed by atoms with Gasteiger partial charge in [-0.1, -0.05) is 53.5 Å². The van der Waals surface area contributed by atoms with Crippen molar-refractivity contribution in [3.63, 3.8) is 0 Å². The Morgan fingerprint density at radius 2 is 1.61 bits per heavy atom.